The summed E-state index contributed by atoms with van der Waals surface area (Å²) in [5, 5.41) is 8.06. The highest BCUT2D eigenvalue weighted by molar-refractivity contribution is 5.53. The van der Waals surface area contributed by atoms with Gasteiger partial charge >= 0.3 is 0 Å². The second-order valence-corrected chi connectivity index (χ2v) is 7.21. The zero-order chi connectivity index (χ0) is 17.6. The molecule has 2 fully saturated rings. The van der Waals surface area contributed by atoms with Crippen LogP contribution in [0.2, 0.25) is 0 Å². The third-order valence-electron chi connectivity index (χ3n) is 5.08. The summed E-state index contributed by atoms with van der Waals surface area (Å²) in [6.45, 7) is 1.40. The second kappa shape index (κ2) is 6.02. The van der Waals surface area contributed by atoms with Crippen LogP contribution in [0.4, 0.5) is 4.39 Å². The zero-order valence-electron chi connectivity index (χ0n) is 14.3. The van der Waals surface area contributed by atoms with Crippen molar-refractivity contribution in [3.8, 4) is 11.4 Å². The highest BCUT2D eigenvalue weighted by atomic mass is 19.1. The molecule has 134 valence electrons. The van der Waals surface area contributed by atoms with Crippen molar-refractivity contribution in [2.75, 3.05) is 13.1 Å². The first-order valence-electron chi connectivity index (χ1n) is 8.96. The molecule has 7 heteroatoms. The van der Waals surface area contributed by atoms with Crippen LogP contribution in [-0.4, -0.2) is 33.3 Å². The van der Waals surface area contributed by atoms with Crippen LogP contribution >= 0.6 is 0 Å². The van der Waals surface area contributed by atoms with Crippen molar-refractivity contribution in [2.24, 2.45) is 0 Å². The largest absolute Gasteiger partial charge is 0.361 e. The van der Waals surface area contributed by atoms with Gasteiger partial charge < -0.3 is 9.05 Å². The van der Waals surface area contributed by atoms with Crippen LogP contribution in [0.3, 0.4) is 0 Å². The van der Waals surface area contributed by atoms with Gasteiger partial charge in [-0.15, -0.1) is 0 Å². The summed E-state index contributed by atoms with van der Waals surface area (Å²) in [6, 6.07) is 11.4. The maximum Gasteiger partial charge on any atom is 0.266 e. The Bertz CT molecular complexity index is 905. The molecule has 5 rings (SSSR count). The van der Waals surface area contributed by atoms with Crippen molar-refractivity contribution in [2.45, 2.75) is 37.4 Å². The smallest absolute Gasteiger partial charge is 0.266 e. The fourth-order valence-corrected chi connectivity index (χ4v) is 3.46. The van der Waals surface area contributed by atoms with Gasteiger partial charge in [0.1, 0.15) is 5.76 Å². The van der Waals surface area contributed by atoms with E-state index < -0.39 is 5.67 Å². The Balaban J connectivity index is 1.28. The molecule has 3 heterocycles. The number of likely N-dealkylation sites (tertiary alicyclic amines) is 1. The van der Waals surface area contributed by atoms with Crippen molar-refractivity contribution in [3.05, 3.63) is 53.7 Å². The number of aromatic nitrogens is 3. The average molecular weight is 354 g/mol. The Morgan fingerprint density at radius 3 is 2.81 bits per heavy atom. The molecule has 0 amide bonds. The Labute approximate surface area is 150 Å². The zero-order valence-corrected chi connectivity index (χ0v) is 14.3. The second-order valence-electron chi connectivity index (χ2n) is 7.21. The van der Waals surface area contributed by atoms with E-state index in [4.69, 9.17) is 9.05 Å². The van der Waals surface area contributed by atoms with Crippen molar-refractivity contribution in [3.63, 3.8) is 0 Å². The molecule has 0 bridgehead atoms. The number of hydrogen-bond donors (Lipinski definition) is 0. The van der Waals surface area contributed by atoms with Gasteiger partial charge in [0.25, 0.3) is 5.89 Å². The standard InChI is InChI=1S/C19H19FN4O2/c20-19(18-21-17(23-26-18)14-4-2-1-3-5-14)8-9-24(12-19)11-15-10-16(25-22-15)13-6-7-13/h1-5,10,13H,6-9,11-12H2. The molecule has 0 spiro atoms. The molecule has 1 atom stereocenters. The minimum atomic E-state index is -1.62. The van der Waals surface area contributed by atoms with Gasteiger partial charge in [0.2, 0.25) is 11.5 Å². The molecule has 0 N–H and O–H groups in total. The monoisotopic (exact) mass is 354 g/mol. The van der Waals surface area contributed by atoms with E-state index in [9.17, 15) is 0 Å². The minimum absolute atomic E-state index is 0.0534. The van der Waals surface area contributed by atoms with Gasteiger partial charge in [-0.25, -0.2) is 4.39 Å². The highest BCUT2D eigenvalue weighted by Gasteiger charge is 2.45. The molecule has 3 aromatic rings. The number of rotatable bonds is 5. The first kappa shape index (κ1) is 15.7. The lowest BCUT2D eigenvalue weighted by Crippen LogP contribution is -2.27. The normalized spacial score (nSPS) is 23.6. The lowest BCUT2D eigenvalue weighted by molar-refractivity contribution is 0.115. The number of nitrogens with zero attached hydrogens (tertiary/aromatic N) is 4. The molecular formula is C19H19FN4O2. The first-order valence-corrected chi connectivity index (χ1v) is 8.96. The summed E-state index contributed by atoms with van der Waals surface area (Å²) < 4.78 is 26.0. The summed E-state index contributed by atoms with van der Waals surface area (Å²) in [5.74, 6) is 1.96. The molecule has 1 unspecified atom stereocenters. The molecule has 26 heavy (non-hydrogen) atoms. The van der Waals surface area contributed by atoms with E-state index in [1.165, 1.54) is 12.8 Å². The molecule has 2 aromatic heterocycles. The lowest BCUT2D eigenvalue weighted by atomic mass is 10.1. The Kier molecular flexibility index (Phi) is 3.63. The molecule has 0 radical (unpaired) electrons. The number of alkyl halides is 1. The summed E-state index contributed by atoms with van der Waals surface area (Å²) in [4.78, 5) is 6.31. The van der Waals surface area contributed by atoms with E-state index in [1.54, 1.807) is 0 Å². The van der Waals surface area contributed by atoms with Crippen LogP contribution in [0.25, 0.3) is 11.4 Å². The quantitative estimate of drug-likeness (QED) is 0.696. The average Bonchev–Trinajstić information content (AvgIpc) is 3.07. The van der Waals surface area contributed by atoms with Gasteiger partial charge in [0, 0.05) is 43.6 Å². The summed E-state index contributed by atoms with van der Waals surface area (Å²) in [7, 11) is 0. The molecule has 1 aromatic carbocycles. The van der Waals surface area contributed by atoms with E-state index in [0.717, 1.165) is 17.0 Å². The summed E-state index contributed by atoms with van der Waals surface area (Å²) in [6.07, 6.45) is 2.68. The third kappa shape index (κ3) is 2.92. The summed E-state index contributed by atoms with van der Waals surface area (Å²) in [5.41, 5.74) is 0.0473. The Morgan fingerprint density at radius 1 is 1.15 bits per heavy atom. The maximum absolute atomic E-state index is 15.4. The molecule has 1 saturated heterocycles. The van der Waals surface area contributed by atoms with Crippen LogP contribution in [0.5, 0.6) is 0 Å². The first-order chi connectivity index (χ1) is 12.7. The van der Waals surface area contributed by atoms with Gasteiger partial charge in [0.05, 0.1) is 5.69 Å². The topological polar surface area (TPSA) is 68.2 Å². The molecule has 1 aliphatic heterocycles. The van der Waals surface area contributed by atoms with Gasteiger partial charge in [-0.1, -0.05) is 40.6 Å². The third-order valence-corrected chi connectivity index (χ3v) is 5.08. The van der Waals surface area contributed by atoms with Gasteiger partial charge in [-0.05, 0) is 12.8 Å². The fraction of sp³-hybridized carbons (Fsp3) is 0.421. The molecule has 1 saturated carbocycles. The van der Waals surface area contributed by atoms with Crippen LogP contribution in [0.1, 0.15) is 42.5 Å². The Hall–Kier alpha value is -2.54. The molecule has 1 aliphatic carbocycles. The van der Waals surface area contributed by atoms with E-state index >= 15 is 4.39 Å². The van der Waals surface area contributed by atoms with Crippen molar-refractivity contribution >= 4 is 0 Å². The lowest BCUT2D eigenvalue weighted by Gasteiger charge is -2.16. The SMILES string of the molecule is FC1(c2nc(-c3ccccc3)no2)CCN(Cc2cc(C3CC3)on2)C1. The highest BCUT2D eigenvalue weighted by Crippen LogP contribution is 2.41. The van der Waals surface area contributed by atoms with E-state index in [1.807, 2.05) is 41.3 Å². The summed E-state index contributed by atoms with van der Waals surface area (Å²) >= 11 is 0. The van der Waals surface area contributed by atoms with Crippen LogP contribution in [0, 0.1) is 0 Å². The van der Waals surface area contributed by atoms with Crippen LogP contribution < -0.4 is 0 Å². The van der Waals surface area contributed by atoms with Crippen LogP contribution in [-0.2, 0) is 12.2 Å². The molecular weight excluding hydrogens is 335 g/mol. The predicted molar refractivity (Wildman–Crippen MR) is 90.9 cm³/mol. The van der Waals surface area contributed by atoms with Crippen LogP contribution in [0.15, 0.2) is 45.4 Å². The fourth-order valence-electron chi connectivity index (χ4n) is 3.46. The van der Waals surface area contributed by atoms with E-state index in [0.29, 0.717) is 31.3 Å². The molecule has 2 aliphatic rings. The van der Waals surface area contributed by atoms with E-state index in [-0.39, 0.29) is 12.4 Å². The maximum atomic E-state index is 15.4. The van der Waals surface area contributed by atoms with Crippen molar-refractivity contribution in [1.29, 1.82) is 0 Å². The van der Waals surface area contributed by atoms with Crippen molar-refractivity contribution in [1.82, 2.24) is 20.2 Å². The van der Waals surface area contributed by atoms with Crippen molar-refractivity contribution < 1.29 is 13.4 Å². The van der Waals surface area contributed by atoms with E-state index in [2.05, 4.69) is 15.3 Å². The predicted octanol–water partition coefficient (Wildman–Crippen LogP) is 3.67. The van der Waals surface area contributed by atoms with Gasteiger partial charge in [-0.2, -0.15) is 4.98 Å². The van der Waals surface area contributed by atoms with Gasteiger partial charge in [0.15, 0.2) is 0 Å². The number of benzene rings is 1. The number of halogens is 1. The molecule has 6 nitrogen and oxygen atoms in total. The Morgan fingerprint density at radius 2 is 2.00 bits per heavy atom. The number of hydrogen-bond acceptors (Lipinski definition) is 6. The van der Waals surface area contributed by atoms with Gasteiger partial charge in [-0.3, -0.25) is 4.90 Å². The minimum Gasteiger partial charge on any atom is -0.361 e.